The third-order valence-corrected chi connectivity index (χ3v) is 4.74. The van der Waals surface area contributed by atoms with Crippen LogP contribution in [0, 0.1) is 5.92 Å². The lowest BCUT2D eigenvalue weighted by Gasteiger charge is -2.31. The molecule has 0 unspecified atom stereocenters. The third-order valence-electron chi connectivity index (χ3n) is 4.21. The molecule has 1 heterocycles. The molecule has 3 amide bonds. The van der Waals surface area contributed by atoms with Crippen LogP contribution < -0.4 is 10.6 Å². The molecule has 0 bridgehead atoms. The quantitative estimate of drug-likeness (QED) is 0.683. The molecule has 1 fully saturated rings. The highest BCUT2D eigenvalue weighted by atomic mass is 79.9. The summed E-state index contributed by atoms with van der Waals surface area (Å²) in [4.78, 5) is 37.6. The first-order chi connectivity index (χ1) is 12.5. The van der Waals surface area contributed by atoms with Crippen LogP contribution in [0.15, 0.2) is 28.7 Å². The maximum atomic E-state index is 12.5. The van der Waals surface area contributed by atoms with Gasteiger partial charge in [-0.1, -0.05) is 15.9 Å². The first-order valence-electron chi connectivity index (χ1n) is 8.74. The molecule has 1 aromatic carbocycles. The molecule has 1 aliphatic heterocycles. The highest BCUT2D eigenvalue weighted by Crippen LogP contribution is 2.20. The maximum absolute atomic E-state index is 12.5. The Bertz CT molecular complexity index is 628. The van der Waals surface area contributed by atoms with Gasteiger partial charge in [-0.05, 0) is 44.0 Å². The Labute approximate surface area is 161 Å². The first kappa shape index (κ1) is 20.2. The van der Waals surface area contributed by atoms with Gasteiger partial charge in [-0.3, -0.25) is 9.59 Å². The van der Waals surface area contributed by atoms with Gasteiger partial charge in [0.15, 0.2) is 0 Å². The second kappa shape index (κ2) is 10.2. The predicted molar refractivity (Wildman–Crippen MR) is 101 cm³/mol. The third kappa shape index (κ3) is 6.01. The summed E-state index contributed by atoms with van der Waals surface area (Å²) in [6.07, 6.45) is 0.792. The molecular weight excluding hydrogens is 402 g/mol. The van der Waals surface area contributed by atoms with Crippen LogP contribution in [0.4, 0.5) is 4.79 Å². The number of benzene rings is 1. The summed E-state index contributed by atoms with van der Waals surface area (Å²) in [5.41, 5.74) is 0.654. The van der Waals surface area contributed by atoms with Gasteiger partial charge in [-0.25, -0.2) is 4.79 Å². The number of alkyl carbamates (subject to hydrolysis) is 1. The van der Waals surface area contributed by atoms with Gasteiger partial charge in [-0.2, -0.15) is 0 Å². The molecule has 0 spiro atoms. The molecule has 26 heavy (non-hydrogen) atoms. The fraction of sp³-hybridized carbons (Fsp3) is 0.500. The second-order valence-corrected chi connectivity index (χ2v) is 6.93. The number of hydrogen-bond donors (Lipinski definition) is 2. The number of piperidine rings is 1. The number of ether oxygens (including phenoxy) is 1. The van der Waals surface area contributed by atoms with E-state index >= 15 is 0 Å². The molecule has 0 saturated carbocycles. The average Bonchev–Trinajstić information content (AvgIpc) is 2.65. The van der Waals surface area contributed by atoms with E-state index in [0.717, 1.165) is 4.47 Å². The van der Waals surface area contributed by atoms with E-state index in [-0.39, 0.29) is 17.7 Å². The van der Waals surface area contributed by atoms with E-state index in [1.165, 1.54) is 0 Å². The van der Waals surface area contributed by atoms with Gasteiger partial charge in [0.05, 0.1) is 6.61 Å². The number of nitrogens with zero attached hydrogens (tertiary/aromatic N) is 1. The fourth-order valence-corrected chi connectivity index (χ4v) is 3.06. The Morgan fingerprint density at radius 2 is 1.73 bits per heavy atom. The van der Waals surface area contributed by atoms with Crippen molar-refractivity contribution >= 4 is 33.8 Å². The smallest absolute Gasteiger partial charge is 0.407 e. The van der Waals surface area contributed by atoms with Gasteiger partial charge in [0, 0.05) is 42.1 Å². The van der Waals surface area contributed by atoms with E-state index in [2.05, 4.69) is 26.6 Å². The zero-order valence-corrected chi connectivity index (χ0v) is 16.4. The van der Waals surface area contributed by atoms with E-state index in [9.17, 15) is 14.4 Å². The van der Waals surface area contributed by atoms with Crippen molar-refractivity contribution in [3.63, 3.8) is 0 Å². The summed E-state index contributed by atoms with van der Waals surface area (Å²) >= 11 is 3.36. The lowest BCUT2D eigenvalue weighted by molar-refractivity contribution is -0.126. The molecule has 1 saturated heterocycles. The van der Waals surface area contributed by atoms with Crippen molar-refractivity contribution < 1.29 is 19.1 Å². The number of likely N-dealkylation sites (tertiary alicyclic amines) is 1. The van der Waals surface area contributed by atoms with Crippen LogP contribution in [0.1, 0.15) is 30.1 Å². The molecule has 2 N–H and O–H groups in total. The van der Waals surface area contributed by atoms with Crippen molar-refractivity contribution in [2.24, 2.45) is 5.92 Å². The van der Waals surface area contributed by atoms with E-state index in [1.54, 1.807) is 24.0 Å². The SMILES string of the molecule is CCOC(=O)NCCNC(=O)C1CCN(C(=O)c2ccc(Br)cc2)CC1. The van der Waals surface area contributed by atoms with Crippen molar-refractivity contribution in [2.75, 3.05) is 32.8 Å². The largest absolute Gasteiger partial charge is 0.450 e. The van der Waals surface area contributed by atoms with Crippen molar-refractivity contribution in [3.8, 4) is 0 Å². The van der Waals surface area contributed by atoms with Crippen molar-refractivity contribution in [1.82, 2.24) is 15.5 Å². The second-order valence-electron chi connectivity index (χ2n) is 6.01. The normalized spacial score (nSPS) is 14.6. The Kier molecular flexibility index (Phi) is 7.90. The van der Waals surface area contributed by atoms with Gasteiger partial charge >= 0.3 is 6.09 Å². The maximum Gasteiger partial charge on any atom is 0.407 e. The number of amides is 3. The zero-order valence-electron chi connectivity index (χ0n) is 14.8. The van der Waals surface area contributed by atoms with Crippen LogP contribution in [-0.2, 0) is 9.53 Å². The van der Waals surface area contributed by atoms with Crippen LogP contribution in [-0.4, -0.2) is 55.6 Å². The van der Waals surface area contributed by atoms with Crippen molar-refractivity contribution in [1.29, 1.82) is 0 Å². The predicted octanol–water partition coefficient (Wildman–Crippen LogP) is 2.16. The minimum absolute atomic E-state index is 0.00463. The highest BCUT2D eigenvalue weighted by Gasteiger charge is 2.27. The number of hydrogen-bond acceptors (Lipinski definition) is 4. The summed E-state index contributed by atoms with van der Waals surface area (Å²) in [6, 6.07) is 7.28. The molecule has 7 nitrogen and oxygen atoms in total. The van der Waals surface area contributed by atoms with E-state index in [1.807, 2.05) is 12.1 Å². The summed E-state index contributed by atoms with van der Waals surface area (Å²) in [7, 11) is 0. The van der Waals surface area contributed by atoms with Gasteiger partial charge < -0.3 is 20.3 Å². The number of nitrogens with one attached hydrogen (secondary N) is 2. The summed E-state index contributed by atoms with van der Waals surface area (Å²) in [5, 5.41) is 5.37. The van der Waals surface area contributed by atoms with Crippen molar-refractivity contribution in [3.05, 3.63) is 34.3 Å². The molecule has 0 atom stereocenters. The fourth-order valence-electron chi connectivity index (χ4n) is 2.80. The lowest BCUT2D eigenvalue weighted by atomic mass is 9.95. The van der Waals surface area contributed by atoms with Gasteiger partial charge in [0.1, 0.15) is 0 Å². The molecule has 8 heteroatoms. The van der Waals surface area contributed by atoms with Crippen LogP contribution in [0.3, 0.4) is 0 Å². The molecule has 0 aromatic heterocycles. The summed E-state index contributed by atoms with van der Waals surface area (Å²) in [5.74, 6) is -0.145. The highest BCUT2D eigenvalue weighted by molar-refractivity contribution is 9.10. The molecule has 142 valence electrons. The molecular formula is C18H24BrN3O4. The number of rotatable bonds is 6. The zero-order chi connectivity index (χ0) is 18.9. The van der Waals surface area contributed by atoms with Gasteiger partial charge in [0.25, 0.3) is 5.91 Å². The Morgan fingerprint density at radius 3 is 2.35 bits per heavy atom. The lowest BCUT2D eigenvalue weighted by Crippen LogP contribution is -2.44. The molecule has 2 rings (SSSR count). The van der Waals surface area contributed by atoms with Gasteiger partial charge in [-0.15, -0.1) is 0 Å². The number of halogens is 1. The molecule has 0 radical (unpaired) electrons. The number of carbonyl (C=O) groups is 3. The van der Waals surface area contributed by atoms with E-state index in [4.69, 9.17) is 4.74 Å². The monoisotopic (exact) mass is 425 g/mol. The Balaban J connectivity index is 1.70. The Morgan fingerprint density at radius 1 is 1.12 bits per heavy atom. The molecule has 0 aliphatic carbocycles. The minimum atomic E-state index is -0.485. The van der Waals surface area contributed by atoms with Gasteiger partial charge in [0.2, 0.25) is 5.91 Å². The van der Waals surface area contributed by atoms with Crippen LogP contribution in [0.2, 0.25) is 0 Å². The Hall–Kier alpha value is -2.09. The average molecular weight is 426 g/mol. The van der Waals surface area contributed by atoms with E-state index < -0.39 is 6.09 Å². The van der Waals surface area contributed by atoms with Crippen molar-refractivity contribution in [2.45, 2.75) is 19.8 Å². The molecule has 1 aliphatic rings. The number of carbonyl (C=O) groups excluding carboxylic acids is 3. The topological polar surface area (TPSA) is 87.7 Å². The standard InChI is InChI=1S/C18H24BrN3O4/c1-2-26-18(25)21-10-9-20-16(23)13-7-11-22(12-8-13)17(24)14-3-5-15(19)6-4-14/h3-6,13H,2,7-12H2,1H3,(H,20,23)(H,21,25). The first-order valence-corrected chi connectivity index (χ1v) is 9.53. The summed E-state index contributed by atoms with van der Waals surface area (Å²) < 4.78 is 5.67. The van der Waals surface area contributed by atoms with E-state index in [0.29, 0.717) is 51.2 Å². The van der Waals surface area contributed by atoms with Crippen LogP contribution in [0.5, 0.6) is 0 Å². The van der Waals surface area contributed by atoms with Crippen LogP contribution in [0.25, 0.3) is 0 Å². The van der Waals surface area contributed by atoms with Crippen LogP contribution >= 0.6 is 15.9 Å². The molecule has 1 aromatic rings. The summed E-state index contributed by atoms with van der Waals surface area (Å²) in [6.45, 7) is 3.86. The minimum Gasteiger partial charge on any atom is -0.450 e.